The molecule has 0 fully saturated rings. The summed E-state index contributed by atoms with van der Waals surface area (Å²) in [5, 5.41) is 3.09. The van der Waals surface area contributed by atoms with Crippen molar-refractivity contribution in [2.24, 2.45) is 0 Å². The molecule has 2 atom stereocenters. The van der Waals surface area contributed by atoms with Gasteiger partial charge in [-0.15, -0.1) is 0 Å². The number of rotatable bonds is 5. The summed E-state index contributed by atoms with van der Waals surface area (Å²) in [5.74, 6) is 1.50. The Morgan fingerprint density at radius 1 is 1.19 bits per heavy atom. The molecule has 0 radical (unpaired) electrons. The average molecular weight is 368 g/mol. The number of hydrogen-bond donors (Lipinski definition) is 1. The van der Waals surface area contributed by atoms with E-state index >= 15 is 0 Å². The number of hydrogen-bond acceptors (Lipinski definition) is 4. The topological polar surface area (TPSA) is 50.8 Å². The molecule has 144 valence electrons. The normalized spacial score (nSPS) is 16.9. The zero-order valence-corrected chi connectivity index (χ0v) is 16.7. The fourth-order valence-corrected chi connectivity index (χ4v) is 3.44. The van der Waals surface area contributed by atoms with Gasteiger partial charge in [0.15, 0.2) is 11.5 Å². The summed E-state index contributed by atoms with van der Waals surface area (Å²) in [6, 6.07) is 11.5. The molecule has 0 unspecified atom stereocenters. The van der Waals surface area contributed by atoms with Gasteiger partial charge in [0.25, 0.3) is 0 Å². The van der Waals surface area contributed by atoms with E-state index in [0.29, 0.717) is 13.2 Å². The number of para-hydroxylation sites is 2. The summed E-state index contributed by atoms with van der Waals surface area (Å²) in [6.45, 7) is 9.10. The first-order valence-electron chi connectivity index (χ1n) is 9.32. The van der Waals surface area contributed by atoms with E-state index in [0.717, 1.165) is 28.3 Å². The van der Waals surface area contributed by atoms with Gasteiger partial charge in [-0.1, -0.05) is 29.8 Å². The van der Waals surface area contributed by atoms with Gasteiger partial charge < -0.3 is 14.8 Å². The lowest BCUT2D eigenvalue weighted by Crippen LogP contribution is -2.46. The summed E-state index contributed by atoms with van der Waals surface area (Å²) in [5.41, 5.74) is 4.26. The third kappa shape index (κ3) is 4.42. The molecule has 3 rings (SSSR count). The Hall–Kier alpha value is -2.53. The molecule has 0 saturated carbocycles. The minimum atomic E-state index is -0.286. The largest absolute Gasteiger partial charge is 0.486 e. The number of ether oxygens (including phenoxy) is 2. The molecule has 1 amide bonds. The van der Waals surface area contributed by atoms with Crippen molar-refractivity contribution in [3.05, 3.63) is 53.1 Å². The minimum absolute atomic E-state index is 0.0234. The van der Waals surface area contributed by atoms with Crippen LogP contribution in [-0.2, 0) is 4.79 Å². The van der Waals surface area contributed by atoms with Crippen molar-refractivity contribution in [3.8, 4) is 11.5 Å². The van der Waals surface area contributed by atoms with Crippen molar-refractivity contribution < 1.29 is 14.3 Å². The van der Waals surface area contributed by atoms with Crippen LogP contribution in [-0.4, -0.2) is 43.2 Å². The van der Waals surface area contributed by atoms with Crippen LogP contribution < -0.4 is 14.8 Å². The van der Waals surface area contributed by atoms with Gasteiger partial charge in [-0.3, -0.25) is 9.69 Å². The Bertz CT molecular complexity index is 811. The number of benzene rings is 2. The summed E-state index contributed by atoms with van der Waals surface area (Å²) in [4.78, 5) is 14.8. The third-order valence-electron chi connectivity index (χ3n) is 5.02. The highest BCUT2D eigenvalue weighted by Gasteiger charge is 2.26. The van der Waals surface area contributed by atoms with Crippen molar-refractivity contribution in [1.29, 1.82) is 0 Å². The van der Waals surface area contributed by atoms with Gasteiger partial charge >= 0.3 is 0 Å². The Morgan fingerprint density at radius 2 is 1.81 bits per heavy atom. The monoisotopic (exact) mass is 368 g/mol. The lowest BCUT2D eigenvalue weighted by molar-refractivity contribution is -0.120. The van der Waals surface area contributed by atoms with Crippen molar-refractivity contribution in [2.45, 2.75) is 39.8 Å². The number of fused-ring (bicyclic) bond motifs is 1. The standard InChI is InChI=1S/C22H28N2O3/c1-14-10-15(2)21(16(3)11-14)23-22(25)17(4)24(5)12-18-13-26-19-8-6-7-9-20(19)27-18/h6-11,17-18H,12-13H2,1-5H3,(H,23,25)/t17-,18-/m1/s1. The molecule has 1 aliphatic heterocycles. The molecule has 2 aromatic rings. The summed E-state index contributed by atoms with van der Waals surface area (Å²) >= 11 is 0. The van der Waals surface area contributed by atoms with Crippen molar-refractivity contribution in [3.63, 3.8) is 0 Å². The smallest absolute Gasteiger partial charge is 0.241 e. The second-order valence-corrected chi connectivity index (χ2v) is 7.38. The Morgan fingerprint density at radius 3 is 2.48 bits per heavy atom. The van der Waals surface area contributed by atoms with Crippen LogP contribution in [0.4, 0.5) is 5.69 Å². The first-order valence-corrected chi connectivity index (χ1v) is 9.32. The van der Waals surface area contributed by atoms with E-state index in [1.54, 1.807) is 0 Å². The van der Waals surface area contributed by atoms with Crippen LogP contribution in [0.2, 0.25) is 0 Å². The Balaban J connectivity index is 1.60. The molecule has 27 heavy (non-hydrogen) atoms. The predicted molar refractivity (Wildman–Crippen MR) is 108 cm³/mol. The van der Waals surface area contributed by atoms with Crippen LogP contribution >= 0.6 is 0 Å². The number of carbonyl (C=O) groups is 1. The van der Waals surface area contributed by atoms with Crippen molar-refractivity contribution in [1.82, 2.24) is 4.90 Å². The van der Waals surface area contributed by atoms with Crippen molar-refractivity contribution >= 4 is 11.6 Å². The number of carbonyl (C=O) groups excluding carboxylic acids is 1. The molecule has 0 aromatic heterocycles. The van der Waals surface area contributed by atoms with Gasteiger partial charge in [-0.05, 0) is 58.0 Å². The van der Waals surface area contributed by atoms with Gasteiger partial charge in [0.05, 0.1) is 6.04 Å². The Kier molecular flexibility index (Phi) is 5.71. The van der Waals surface area contributed by atoms with Crippen LogP contribution in [0.25, 0.3) is 0 Å². The van der Waals surface area contributed by atoms with E-state index in [-0.39, 0.29) is 18.1 Å². The summed E-state index contributed by atoms with van der Waals surface area (Å²) in [6.07, 6.45) is -0.108. The van der Waals surface area contributed by atoms with Gasteiger partial charge in [-0.25, -0.2) is 0 Å². The molecule has 0 saturated heterocycles. The molecule has 0 aliphatic carbocycles. The van der Waals surface area contributed by atoms with Gasteiger partial charge in [0.1, 0.15) is 12.7 Å². The molecule has 0 bridgehead atoms. The first-order chi connectivity index (χ1) is 12.8. The number of nitrogens with zero attached hydrogens (tertiary/aromatic N) is 1. The van der Waals surface area contributed by atoms with E-state index in [2.05, 4.69) is 24.4 Å². The maximum Gasteiger partial charge on any atom is 0.241 e. The molecule has 5 nitrogen and oxygen atoms in total. The lowest BCUT2D eigenvalue weighted by atomic mass is 10.0. The maximum atomic E-state index is 12.8. The van der Waals surface area contributed by atoms with E-state index in [9.17, 15) is 4.79 Å². The van der Waals surface area contributed by atoms with Crippen LogP contribution in [0.1, 0.15) is 23.6 Å². The number of likely N-dealkylation sites (N-methyl/N-ethyl adjacent to an activating group) is 1. The fourth-order valence-electron chi connectivity index (χ4n) is 3.44. The molecular weight excluding hydrogens is 340 g/mol. The average Bonchev–Trinajstić information content (AvgIpc) is 2.63. The molecule has 5 heteroatoms. The molecule has 1 N–H and O–H groups in total. The summed E-state index contributed by atoms with van der Waals surface area (Å²) in [7, 11) is 1.93. The quantitative estimate of drug-likeness (QED) is 0.874. The van der Waals surface area contributed by atoms with Crippen molar-refractivity contribution in [2.75, 3.05) is 25.5 Å². The summed E-state index contributed by atoms with van der Waals surface area (Å²) < 4.78 is 11.8. The van der Waals surface area contributed by atoms with E-state index in [1.807, 2.05) is 57.0 Å². The predicted octanol–water partition coefficient (Wildman–Crippen LogP) is 3.71. The zero-order valence-electron chi connectivity index (χ0n) is 16.7. The minimum Gasteiger partial charge on any atom is -0.486 e. The van der Waals surface area contributed by atoms with Crippen LogP contribution in [0.5, 0.6) is 11.5 Å². The molecule has 0 spiro atoms. The molecular formula is C22H28N2O3. The number of aryl methyl sites for hydroxylation is 3. The van der Waals surface area contributed by atoms with E-state index in [4.69, 9.17) is 9.47 Å². The maximum absolute atomic E-state index is 12.8. The van der Waals surface area contributed by atoms with Gasteiger partial charge in [0.2, 0.25) is 5.91 Å². The van der Waals surface area contributed by atoms with Gasteiger partial charge in [-0.2, -0.15) is 0 Å². The Labute approximate surface area is 161 Å². The number of anilines is 1. The second kappa shape index (κ2) is 8.01. The molecule has 2 aromatic carbocycles. The third-order valence-corrected chi connectivity index (χ3v) is 5.02. The van der Waals surface area contributed by atoms with Gasteiger partial charge in [0, 0.05) is 12.2 Å². The van der Waals surface area contributed by atoms with E-state index < -0.39 is 0 Å². The zero-order chi connectivity index (χ0) is 19.6. The SMILES string of the molecule is Cc1cc(C)c(NC(=O)[C@@H](C)N(C)C[C@@H]2COc3ccccc3O2)c(C)c1. The first kappa shape index (κ1) is 19.2. The second-order valence-electron chi connectivity index (χ2n) is 7.38. The van der Waals surface area contributed by atoms with Crippen LogP contribution in [0.15, 0.2) is 36.4 Å². The fraction of sp³-hybridized carbons (Fsp3) is 0.409. The van der Waals surface area contributed by atoms with Crippen LogP contribution in [0, 0.1) is 20.8 Å². The highest BCUT2D eigenvalue weighted by atomic mass is 16.6. The molecule has 1 aliphatic rings. The van der Waals surface area contributed by atoms with Crippen LogP contribution in [0.3, 0.4) is 0 Å². The highest BCUT2D eigenvalue weighted by Crippen LogP contribution is 2.31. The van der Waals surface area contributed by atoms with E-state index in [1.165, 1.54) is 5.56 Å². The number of amides is 1. The highest BCUT2D eigenvalue weighted by molar-refractivity contribution is 5.95. The number of nitrogens with one attached hydrogen (secondary N) is 1. The molecule has 1 heterocycles. The lowest BCUT2D eigenvalue weighted by Gasteiger charge is -2.32.